The van der Waals surface area contributed by atoms with Gasteiger partial charge in [-0.3, -0.25) is 9.36 Å². The molecule has 1 atom stereocenters. The van der Waals surface area contributed by atoms with Gasteiger partial charge in [0.05, 0.1) is 11.8 Å². The molecule has 0 aliphatic rings. The summed E-state index contributed by atoms with van der Waals surface area (Å²) in [4.78, 5) is 12.1. The fraction of sp³-hybridized carbons (Fsp3) is 0.250. The Labute approximate surface area is 162 Å². The summed E-state index contributed by atoms with van der Waals surface area (Å²) in [5.74, 6) is 0.303. The lowest BCUT2D eigenvalue weighted by atomic mass is 10.2. The molecule has 0 radical (unpaired) electrons. The van der Waals surface area contributed by atoms with E-state index in [4.69, 9.17) is 0 Å². The number of rotatable bonds is 7. The van der Waals surface area contributed by atoms with Crippen LogP contribution in [0.4, 0.5) is 4.39 Å². The van der Waals surface area contributed by atoms with Crippen LogP contribution in [0.5, 0.6) is 0 Å². The first-order chi connectivity index (χ1) is 13.1. The molecule has 1 N–H and O–H groups in total. The van der Waals surface area contributed by atoms with Gasteiger partial charge in [-0.1, -0.05) is 42.1 Å². The molecule has 0 fully saturated rings. The van der Waals surface area contributed by atoms with Crippen molar-refractivity contribution in [3.63, 3.8) is 0 Å². The van der Waals surface area contributed by atoms with Gasteiger partial charge < -0.3 is 5.32 Å². The maximum atomic E-state index is 13.3. The summed E-state index contributed by atoms with van der Waals surface area (Å²) in [5.41, 5.74) is 1.87. The average Bonchev–Trinajstić information content (AvgIpc) is 3.05. The van der Waals surface area contributed by atoms with Crippen molar-refractivity contribution in [2.45, 2.75) is 30.8 Å². The average molecular weight is 384 g/mol. The number of thioether (sulfide) groups is 1. The smallest absolute Gasteiger partial charge is 0.233 e. The number of benzene rings is 2. The molecule has 0 spiro atoms. The molecule has 140 valence electrons. The molecule has 0 saturated heterocycles. The first-order valence-corrected chi connectivity index (χ1v) is 9.64. The van der Waals surface area contributed by atoms with Crippen LogP contribution in [0, 0.1) is 5.82 Å². The van der Waals surface area contributed by atoms with Crippen molar-refractivity contribution in [1.29, 1.82) is 0 Å². The third kappa shape index (κ3) is 4.74. The molecule has 0 saturated carbocycles. The summed E-state index contributed by atoms with van der Waals surface area (Å²) in [6.07, 6.45) is 0. The molecule has 0 aliphatic carbocycles. The monoisotopic (exact) mass is 384 g/mol. The van der Waals surface area contributed by atoms with Crippen molar-refractivity contribution >= 4 is 17.7 Å². The topological polar surface area (TPSA) is 59.8 Å². The van der Waals surface area contributed by atoms with E-state index >= 15 is 0 Å². The molecule has 1 amide bonds. The molecule has 2 aromatic carbocycles. The summed E-state index contributed by atoms with van der Waals surface area (Å²) >= 11 is 1.36. The Kier molecular flexibility index (Phi) is 6.24. The highest BCUT2D eigenvalue weighted by Crippen LogP contribution is 2.28. The Balaban J connectivity index is 1.95. The Morgan fingerprint density at radius 3 is 2.52 bits per heavy atom. The molecule has 1 heterocycles. The Morgan fingerprint density at radius 2 is 1.85 bits per heavy atom. The van der Waals surface area contributed by atoms with Crippen LogP contribution in [-0.4, -0.2) is 32.5 Å². The van der Waals surface area contributed by atoms with E-state index in [0.29, 0.717) is 24.1 Å². The maximum Gasteiger partial charge on any atom is 0.233 e. The number of hydrogen-bond acceptors (Lipinski definition) is 4. The highest BCUT2D eigenvalue weighted by Gasteiger charge is 2.20. The van der Waals surface area contributed by atoms with E-state index in [1.165, 1.54) is 23.9 Å². The number of nitrogens with zero attached hydrogens (tertiary/aromatic N) is 3. The zero-order valence-electron chi connectivity index (χ0n) is 15.2. The van der Waals surface area contributed by atoms with Gasteiger partial charge in [-0.15, -0.1) is 10.2 Å². The number of carbonyl (C=O) groups excluding carboxylic acids is 1. The van der Waals surface area contributed by atoms with Crippen LogP contribution in [0.2, 0.25) is 0 Å². The fourth-order valence-electron chi connectivity index (χ4n) is 2.63. The maximum absolute atomic E-state index is 13.3. The normalized spacial score (nSPS) is 12.0. The van der Waals surface area contributed by atoms with Crippen molar-refractivity contribution in [3.8, 4) is 11.4 Å². The Morgan fingerprint density at radius 1 is 1.15 bits per heavy atom. The van der Waals surface area contributed by atoms with E-state index in [2.05, 4.69) is 15.5 Å². The second-order valence-corrected chi connectivity index (χ2v) is 7.35. The predicted molar refractivity (Wildman–Crippen MR) is 105 cm³/mol. The molecule has 0 aliphatic heterocycles. The Bertz CT molecular complexity index is 896. The first kappa shape index (κ1) is 19.1. The summed E-state index contributed by atoms with van der Waals surface area (Å²) in [5, 5.41) is 11.8. The zero-order valence-corrected chi connectivity index (χ0v) is 16.0. The lowest BCUT2D eigenvalue weighted by Crippen LogP contribution is -2.30. The lowest BCUT2D eigenvalue weighted by Gasteiger charge is -2.13. The van der Waals surface area contributed by atoms with E-state index in [-0.39, 0.29) is 17.0 Å². The third-order valence-electron chi connectivity index (χ3n) is 4.01. The predicted octanol–water partition coefficient (Wildman–Crippen LogP) is 3.75. The third-order valence-corrected chi connectivity index (χ3v) is 5.09. The van der Waals surface area contributed by atoms with Gasteiger partial charge in [-0.25, -0.2) is 4.39 Å². The van der Waals surface area contributed by atoms with Crippen molar-refractivity contribution in [1.82, 2.24) is 20.1 Å². The van der Waals surface area contributed by atoms with Crippen LogP contribution in [0.15, 0.2) is 59.8 Å². The van der Waals surface area contributed by atoms with Gasteiger partial charge in [0.15, 0.2) is 11.0 Å². The van der Waals surface area contributed by atoms with E-state index in [0.717, 1.165) is 11.1 Å². The highest BCUT2D eigenvalue weighted by molar-refractivity contribution is 8.00. The first-order valence-electron chi connectivity index (χ1n) is 8.76. The minimum atomic E-state index is -0.301. The molecule has 1 aromatic heterocycles. The second-order valence-electron chi connectivity index (χ2n) is 6.04. The summed E-state index contributed by atoms with van der Waals surface area (Å²) in [6.45, 7) is 4.88. The number of aromatic nitrogens is 3. The summed E-state index contributed by atoms with van der Waals surface area (Å²) in [6, 6.07) is 16.1. The minimum Gasteiger partial charge on any atom is -0.355 e. The standard InChI is InChI=1S/C20H21FN4OS/c1-3-22-19(26)14(2)27-20-24-23-18(16-9-11-17(21)12-10-16)25(20)13-15-7-5-4-6-8-15/h4-12,14H,3,13H2,1-2H3,(H,22,26)/t14-/m0/s1. The van der Waals surface area contributed by atoms with Gasteiger partial charge in [0.1, 0.15) is 5.82 Å². The largest absolute Gasteiger partial charge is 0.355 e. The number of hydrogen-bond donors (Lipinski definition) is 1. The van der Waals surface area contributed by atoms with Crippen LogP contribution in [-0.2, 0) is 11.3 Å². The quantitative estimate of drug-likeness (QED) is 0.630. The van der Waals surface area contributed by atoms with Gasteiger partial charge in [-0.05, 0) is 43.7 Å². The molecule has 27 heavy (non-hydrogen) atoms. The van der Waals surface area contributed by atoms with E-state index < -0.39 is 0 Å². The van der Waals surface area contributed by atoms with E-state index in [1.807, 2.05) is 48.7 Å². The van der Waals surface area contributed by atoms with Crippen molar-refractivity contribution in [2.24, 2.45) is 0 Å². The van der Waals surface area contributed by atoms with E-state index in [1.54, 1.807) is 12.1 Å². The van der Waals surface area contributed by atoms with E-state index in [9.17, 15) is 9.18 Å². The van der Waals surface area contributed by atoms with Crippen LogP contribution < -0.4 is 5.32 Å². The minimum absolute atomic E-state index is 0.0416. The van der Waals surface area contributed by atoms with Crippen LogP contribution in [0.3, 0.4) is 0 Å². The zero-order chi connectivity index (χ0) is 19.2. The molecule has 7 heteroatoms. The highest BCUT2D eigenvalue weighted by atomic mass is 32.2. The molecule has 0 bridgehead atoms. The van der Waals surface area contributed by atoms with Crippen molar-refractivity contribution < 1.29 is 9.18 Å². The second kappa shape index (κ2) is 8.81. The molecular weight excluding hydrogens is 363 g/mol. The molecule has 0 unspecified atom stereocenters. The van der Waals surface area contributed by atoms with Gasteiger partial charge in [0.2, 0.25) is 5.91 Å². The van der Waals surface area contributed by atoms with Gasteiger partial charge in [-0.2, -0.15) is 0 Å². The number of halogens is 1. The van der Waals surface area contributed by atoms with Crippen LogP contribution in [0.25, 0.3) is 11.4 Å². The lowest BCUT2D eigenvalue weighted by molar-refractivity contribution is -0.120. The SMILES string of the molecule is CCNC(=O)[C@H](C)Sc1nnc(-c2ccc(F)cc2)n1Cc1ccccc1. The number of amides is 1. The number of carbonyl (C=O) groups is 1. The Hall–Kier alpha value is -2.67. The number of nitrogens with one attached hydrogen (secondary N) is 1. The fourth-order valence-corrected chi connectivity index (χ4v) is 3.50. The molecule has 3 aromatic rings. The molecular formula is C20H21FN4OS. The molecule has 5 nitrogen and oxygen atoms in total. The van der Waals surface area contributed by atoms with Crippen LogP contribution >= 0.6 is 11.8 Å². The van der Waals surface area contributed by atoms with Gasteiger partial charge in [0.25, 0.3) is 0 Å². The summed E-state index contributed by atoms with van der Waals surface area (Å²) in [7, 11) is 0. The van der Waals surface area contributed by atoms with Crippen molar-refractivity contribution in [2.75, 3.05) is 6.54 Å². The van der Waals surface area contributed by atoms with Crippen molar-refractivity contribution in [3.05, 3.63) is 66.0 Å². The van der Waals surface area contributed by atoms with Gasteiger partial charge in [0, 0.05) is 12.1 Å². The molecule has 3 rings (SSSR count). The summed E-state index contributed by atoms with van der Waals surface area (Å²) < 4.78 is 15.3. The van der Waals surface area contributed by atoms with Gasteiger partial charge >= 0.3 is 0 Å². The van der Waals surface area contributed by atoms with Crippen LogP contribution in [0.1, 0.15) is 19.4 Å².